The number of rotatable bonds is 4. The summed E-state index contributed by atoms with van der Waals surface area (Å²) in [5.41, 5.74) is 1.02. The van der Waals surface area contributed by atoms with Crippen LogP contribution in [0.2, 0.25) is 5.02 Å². The maximum Gasteiger partial charge on any atom is 0.341 e. The van der Waals surface area contributed by atoms with E-state index >= 15 is 0 Å². The maximum atomic E-state index is 13.7. The lowest BCUT2D eigenvalue weighted by Crippen LogP contribution is -2.21. The first kappa shape index (κ1) is 17.4. The number of carbonyl (C=O) groups is 2. The maximum absolute atomic E-state index is 13.7. The Balaban J connectivity index is 1.98. The van der Waals surface area contributed by atoms with Gasteiger partial charge in [0.05, 0.1) is 17.2 Å². The average molecular weight is 347 g/mol. The highest BCUT2D eigenvalue weighted by atomic mass is 35.5. The van der Waals surface area contributed by atoms with Gasteiger partial charge < -0.3 is 10.1 Å². The van der Waals surface area contributed by atoms with Crippen LogP contribution >= 0.6 is 11.6 Å². The summed E-state index contributed by atoms with van der Waals surface area (Å²) in [5, 5.41) is 11.7. The lowest BCUT2D eigenvalue weighted by Gasteiger charge is -2.09. The quantitative estimate of drug-likeness (QED) is 0.860. The smallest absolute Gasteiger partial charge is 0.341 e. The molecule has 0 atom stereocenters. The van der Waals surface area contributed by atoms with Crippen LogP contribution in [0.25, 0.3) is 0 Å². The Labute approximate surface area is 142 Å². The van der Waals surface area contributed by atoms with E-state index in [-0.39, 0.29) is 11.1 Å². The molecule has 0 saturated carbocycles. The molecule has 0 bridgehead atoms. The van der Waals surface area contributed by atoms with Crippen LogP contribution in [-0.2, 0) is 9.53 Å². The largest absolute Gasteiger partial charge is 0.452 e. The molecule has 7 heteroatoms. The molecule has 0 saturated heterocycles. The molecule has 5 nitrogen and oxygen atoms in total. The van der Waals surface area contributed by atoms with E-state index in [1.807, 2.05) is 0 Å². The van der Waals surface area contributed by atoms with Crippen molar-refractivity contribution in [3.8, 4) is 6.07 Å². The van der Waals surface area contributed by atoms with Crippen LogP contribution in [0, 0.1) is 24.1 Å². The molecule has 2 aromatic carbocycles. The number of aryl methyl sites for hydroxylation is 1. The first-order valence-electron chi connectivity index (χ1n) is 6.83. The minimum Gasteiger partial charge on any atom is -0.452 e. The van der Waals surface area contributed by atoms with Crippen molar-refractivity contribution in [2.45, 2.75) is 6.92 Å². The Morgan fingerprint density at radius 3 is 2.71 bits per heavy atom. The average Bonchev–Trinajstić information content (AvgIpc) is 2.55. The summed E-state index contributed by atoms with van der Waals surface area (Å²) < 4.78 is 18.5. The Morgan fingerprint density at radius 1 is 1.29 bits per heavy atom. The second-order valence-electron chi connectivity index (χ2n) is 4.89. The molecule has 0 unspecified atom stereocenters. The van der Waals surface area contributed by atoms with Gasteiger partial charge in [0, 0.05) is 10.7 Å². The number of hydrogen-bond donors (Lipinski definition) is 1. The van der Waals surface area contributed by atoms with Crippen molar-refractivity contribution >= 4 is 29.2 Å². The highest BCUT2D eigenvalue weighted by Crippen LogP contribution is 2.20. The molecule has 0 heterocycles. The van der Waals surface area contributed by atoms with E-state index in [9.17, 15) is 14.0 Å². The normalized spacial score (nSPS) is 9.92. The van der Waals surface area contributed by atoms with Gasteiger partial charge in [-0.1, -0.05) is 17.7 Å². The monoisotopic (exact) mass is 346 g/mol. The van der Waals surface area contributed by atoms with Gasteiger partial charge in [-0.2, -0.15) is 5.26 Å². The Kier molecular flexibility index (Phi) is 5.51. The molecule has 0 aliphatic carbocycles. The van der Waals surface area contributed by atoms with Gasteiger partial charge in [-0.3, -0.25) is 4.79 Å². The van der Waals surface area contributed by atoms with Crippen molar-refractivity contribution in [1.82, 2.24) is 0 Å². The lowest BCUT2D eigenvalue weighted by molar-refractivity contribution is -0.119. The number of amides is 1. The molecule has 0 spiro atoms. The number of esters is 1. The lowest BCUT2D eigenvalue weighted by atomic mass is 10.1. The van der Waals surface area contributed by atoms with Crippen LogP contribution in [-0.4, -0.2) is 18.5 Å². The highest BCUT2D eigenvalue weighted by Gasteiger charge is 2.15. The number of ether oxygens (including phenoxy) is 1. The molecule has 0 fully saturated rings. The first-order valence-corrected chi connectivity index (χ1v) is 7.21. The van der Waals surface area contributed by atoms with E-state index < -0.39 is 24.3 Å². The molecule has 122 valence electrons. The van der Waals surface area contributed by atoms with E-state index in [1.54, 1.807) is 31.2 Å². The molecule has 0 radical (unpaired) electrons. The molecule has 1 amide bonds. The third kappa shape index (κ3) is 4.31. The SMILES string of the molecule is Cc1ccc(Cl)cc1NC(=O)COC(=O)c1ccc(C#N)cc1F. The van der Waals surface area contributed by atoms with E-state index in [0.717, 1.165) is 17.7 Å². The van der Waals surface area contributed by atoms with Gasteiger partial charge in [-0.15, -0.1) is 0 Å². The number of anilines is 1. The number of benzene rings is 2. The zero-order valence-corrected chi connectivity index (χ0v) is 13.4. The van der Waals surface area contributed by atoms with Crippen LogP contribution in [0.3, 0.4) is 0 Å². The van der Waals surface area contributed by atoms with Crippen molar-refractivity contribution in [3.05, 3.63) is 63.9 Å². The minimum absolute atomic E-state index is 0.0817. The van der Waals surface area contributed by atoms with Gasteiger partial charge in [0.2, 0.25) is 0 Å². The van der Waals surface area contributed by atoms with Crippen LogP contribution < -0.4 is 5.32 Å². The molecule has 2 rings (SSSR count). The second-order valence-corrected chi connectivity index (χ2v) is 5.33. The predicted octanol–water partition coefficient (Wildman–Crippen LogP) is 3.45. The van der Waals surface area contributed by atoms with Crippen molar-refractivity contribution in [1.29, 1.82) is 5.26 Å². The topological polar surface area (TPSA) is 79.2 Å². The van der Waals surface area contributed by atoms with Crippen molar-refractivity contribution < 1.29 is 18.7 Å². The standard InChI is InChI=1S/C17H12ClFN2O3/c1-10-2-4-12(18)7-15(10)21-16(22)9-24-17(23)13-5-3-11(8-20)6-14(13)19/h2-7H,9H2,1H3,(H,21,22). The number of nitriles is 1. The predicted molar refractivity (Wildman–Crippen MR) is 86.2 cm³/mol. The van der Waals surface area contributed by atoms with Crippen molar-refractivity contribution in [2.24, 2.45) is 0 Å². The second kappa shape index (κ2) is 7.57. The summed E-state index contributed by atoms with van der Waals surface area (Å²) in [7, 11) is 0. The molecular weight excluding hydrogens is 335 g/mol. The van der Waals surface area contributed by atoms with Crippen molar-refractivity contribution in [3.63, 3.8) is 0 Å². The zero-order valence-electron chi connectivity index (χ0n) is 12.6. The minimum atomic E-state index is -0.991. The number of nitrogens with zero attached hydrogens (tertiary/aromatic N) is 1. The van der Waals surface area contributed by atoms with Gasteiger partial charge in [0.25, 0.3) is 5.91 Å². The Bertz CT molecular complexity index is 846. The van der Waals surface area contributed by atoms with Crippen LogP contribution in [0.15, 0.2) is 36.4 Å². The summed E-state index contributed by atoms with van der Waals surface area (Å²) in [4.78, 5) is 23.6. The van der Waals surface area contributed by atoms with Gasteiger partial charge >= 0.3 is 5.97 Å². The fraction of sp³-hybridized carbons (Fsp3) is 0.118. The van der Waals surface area contributed by atoms with Crippen LogP contribution in [0.5, 0.6) is 0 Å². The van der Waals surface area contributed by atoms with E-state index in [2.05, 4.69) is 5.32 Å². The van der Waals surface area contributed by atoms with E-state index in [0.29, 0.717) is 10.7 Å². The molecule has 0 aliphatic heterocycles. The summed E-state index contributed by atoms with van der Waals surface area (Å²) in [6, 6.07) is 10.1. The van der Waals surface area contributed by atoms with Crippen LogP contribution in [0.4, 0.5) is 10.1 Å². The summed E-state index contributed by atoms with van der Waals surface area (Å²) >= 11 is 5.85. The third-order valence-electron chi connectivity index (χ3n) is 3.13. The Hall–Kier alpha value is -2.91. The third-order valence-corrected chi connectivity index (χ3v) is 3.36. The van der Waals surface area contributed by atoms with Gasteiger partial charge in [0.1, 0.15) is 5.82 Å². The van der Waals surface area contributed by atoms with Gasteiger partial charge in [0.15, 0.2) is 6.61 Å². The number of hydrogen-bond acceptors (Lipinski definition) is 4. The number of halogens is 2. The summed E-state index contributed by atoms with van der Waals surface area (Å²) in [6.07, 6.45) is 0. The van der Waals surface area contributed by atoms with E-state index in [1.165, 1.54) is 6.07 Å². The molecule has 0 aromatic heterocycles. The van der Waals surface area contributed by atoms with E-state index in [4.69, 9.17) is 21.6 Å². The molecule has 2 aromatic rings. The molecule has 24 heavy (non-hydrogen) atoms. The van der Waals surface area contributed by atoms with Crippen LogP contribution in [0.1, 0.15) is 21.5 Å². The zero-order chi connectivity index (χ0) is 17.7. The Morgan fingerprint density at radius 2 is 2.04 bits per heavy atom. The highest BCUT2D eigenvalue weighted by molar-refractivity contribution is 6.31. The van der Waals surface area contributed by atoms with Gasteiger partial charge in [-0.05, 0) is 42.8 Å². The first-order chi connectivity index (χ1) is 11.4. The number of nitrogens with one attached hydrogen (secondary N) is 1. The number of carbonyl (C=O) groups excluding carboxylic acids is 2. The fourth-order valence-corrected chi connectivity index (χ4v) is 2.05. The summed E-state index contributed by atoms with van der Waals surface area (Å²) in [5.74, 6) is -2.46. The molecule has 1 N–H and O–H groups in total. The molecule has 0 aliphatic rings. The molecular formula is C17H12ClFN2O3. The van der Waals surface area contributed by atoms with Crippen molar-refractivity contribution in [2.75, 3.05) is 11.9 Å². The fourth-order valence-electron chi connectivity index (χ4n) is 1.87. The summed E-state index contributed by atoms with van der Waals surface area (Å²) in [6.45, 7) is 1.20. The van der Waals surface area contributed by atoms with Gasteiger partial charge in [-0.25, -0.2) is 9.18 Å².